The van der Waals surface area contributed by atoms with Crippen molar-refractivity contribution in [3.05, 3.63) is 126 Å². The van der Waals surface area contributed by atoms with Gasteiger partial charge in [-0.05, 0) is 107 Å². The number of nitrogens with one attached hydrogen (secondary N) is 7. The Morgan fingerprint density at radius 2 is 1.18 bits per heavy atom. The van der Waals surface area contributed by atoms with Crippen LogP contribution in [0.2, 0.25) is 0 Å². The number of aliphatic imine (C=N–C) groups is 2. The van der Waals surface area contributed by atoms with Crippen molar-refractivity contribution in [3.8, 4) is 0 Å². The number of hydrogen-bond donors (Lipinski definition) is 12. The van der Waals surface area contributed by atoms with Crippen LogP contribution in [0.3, 0.4) is 0 Å². The minimum Gasteiger partial charge on any atom is -0.468 e. The highest BCUT2D eigenvalue weighted by Gasteiger charge is 2.42. The van der Waals surface area contributed by atoms with Gasteiger partial charge in [-0.1, -0.05) is 204 Å². The number of imidazole rings is 1. The van der Waals surface area contributed by atoms with Gasteiger partial charge in [0.2, 0.25) is 41.4 Å². The molecule has 0 aliphatic carbocycles. The van der Waals surface area contributed by atoms with E-state index >= 15 is 28.8 Å². The van der Waals surface area contributed by atoms with Crippen LogP contribution in [0.15, 0.2) is 114 Å². The van der Waals surface area contributed by atoms with Gasteiger partial charge in [0.25, 0.3) is 6.47 Å². The third-order valence-electron chi connectivity index (χ3n) is 23.1. The number of fused-ring (bicyclic) bond motifs is 1. The number of likely N-dealkylation sites (tertiary alicyclic amines) is 1. The Labute approximate surface area is 745 Å². The van der Waals surface area contributed by atoms with Crippen molar-refractivity contribution in [3.63, 3.8) is 0 Å². The molecule has 1 saturated heterocycles. The molecule has 688 valence electrons. The van der Waals surface area contributed by atoms with Crippen molar-refractivity contribution >= 4 is 115 Å². The van der Waals surface area contributed by atoms with E-state index in [1.165, 1.54) is 117 Å². The number of unbranched alkanes of at least 4 members (excludes halogenated alkanes) is 16. The largest absolute Gasteiger partial charge is 0.468 e. The van der Waals surface area contributed by atoms with Crippen molar-refractivity contribution in [2.75, 3.05) is 64.4 Å². The molecule has 7 amide bonds. The Morgan fingerprint density at radius 3 is 1.77 bits per heavy atom. The second kappa shape index (κ2) is 59.9. The summed E-state index contributed by atoms with van der Waals surface area (Å²) in [7, 11) is 2.67. The number of para-hydroxylation sites is 1. The summed E-state index contributed by atoms with van der Waals surface area (Å²) in [6.45, 7) is 6.93. The number of aromatic nitrogens is 3. The van der Waals surface area contributed by atoms with Gasteiger partial charge < -0.3 is 79.1 Å². The van der Waals surface area contributed by atoms with Crippen LogP contribution in [0, 0.1) is 23.7 Å². The average molecular weight is 1770 g/mol. The maximum Gasteiger partial charge on any atom is 0.293 e. The van der Waals surface area contributed by atoms with Gasteiger partial charge in [-0.2, -0.15) is 0 Å². The van der Waals surface area contributed by atoms with Gasteiger partial charge in [0.05, 0.1) is 43.6 Å². The number of ketones is 4. The molecular weight excluding hydrogens is 1630 g/mol. The van der Waals surface area contributed by atoms with Gasteiger partial charge >= 0.3 is 0 Å². The molecule has 32 heteroatoms. The molecular formula is C93H140N16O14S2. The van der Waals surface area contributed by atoms with Crippen LogP contribution >= 0.6 is 21.6 Å². The summed E-state index contributed by atoms with van der Waals surface area (Å²) in [5, 5.41) is 26.4. The topological polar surface area (TPSA) is 474 Å². The van der Waals surface area contributed by atoms with E-state index in [0.29, 0.717) is 68.4 Å². The van der Waals surface area contributed by atoms with Crippen LogP contribution in [0.5, 0.6) is 0 Å². The molecule has 0 saturated carbocycles. The second-order valence-electron chi connectivity index (χ2n) is 32.9. The minimum absolute atomic E-state index is 0.00291. The number of benzene rings is 3. The fourth-order valence-corrected chi connectivity index (χ4v) is 17.5. The number of ether oxygens (including phenoxy) is 1. The zero-order chi connectivity index (χ0) is 90.5. The number of hydrogen-bond acceptors (Lipinski definition) is 19. The van der Waals surface area contributed by atoms with E-state index in [1.807, 2.05) is 104 Å². The normalized spacial score (nSPS) is 14.5. The van der Waals surface area contributed by atoms with E-state index < -0.39 is 107 Å². The second-order valence-corrected chi connectivity index (χ2v) is 35.5. The average Bonchev–Trinajstić information content (AvgIpc) is 1.72. The standard InChI is InChI=1S/C93H140N16O14S2/c1-5-7-8-9-10-11-12-13-14-15-16-17-20-31-48-99-83(117)61-108(6-2)84(118)47-28-19-18-27-45-78(112)76(54-72-58-102-75-44-30-29-43-74(72)75)104-88(119)69(41-33-50-101-93(96)97)56-80(114)77(62-125-124-4)105-89(120)68(40-32-49-100-92(94)95)55-79(113)70-42-34-51-109(60-70)91(122)87(85(66-36-23-21-24-37-66)67-38-25-22-26-39-67)107-90(121)71(53-73-59-98-63-103-73)57-81(115)86(65(3)111)106-82(116)46-35-52-123-64-110/h21-26,29-30,36-39,43-44,58-59,63-65,68-71,76-77,85-87,102,111H,5-20,27-28,31-35,40-42,45-57,60-62H2,1-4H3,(H,98,103)(H,99,117)(H,104,119)(H,105,120)(H,106,116)(H,107,121)(H4,94,95,100)(H4,96,97,101). The number of Topliss-reactive ketones (excluding diaryl/α,β-unsaturated/α-hetero) is 4. The summed E-state index contributed by atoms with van der Waals surface area (Å²) in [6, 6.07) is 20.8. The fraction of sp³-hybridized carbons (Fsp3) is 0.602. The van der Waals surface area contributed by atoms with Crippen molar-refractivity contribution < 1.29 is 67.4 Å². The number of amides is 7. The zero-order valence-electron chi connectivity index (χ0n) is 74.0. The van der Waals surface area contributed by atoms with Crippen molar-refractivity contribution in [1.29, 1.82) is 0 Å². The summed E-state index contributed by atoms with van der Waals surface area (Å²) >= 11 is 0. The first-order chi connectivity index (χ1) is 60.4. The number of nitrogens with zero attached hydrogens (tertiary/aromatic N) is 5. The van der Waals surface area contributed by atoms with E-state index in [1.54, 1.807) is 4.90 Å². The first kappa shape index (κ1) is 104. The van der Waals surface area contributed by atoms with E-state index in [4.69, 9.17) is 27.7 Å². The number of carbonyl (C=O) groups is 12. The monoisotopic (exact) mass is 1770 g/mol. The number of piperidine rings is 1. The molecule has 2 aromatic heterocycles. The molecule has 9 unspecified atom stereocenters. The maximum atomic E-state index is 15.8. The lowest BCUT2D eigenvalue weighted by molar-refractivity contribution is -0.141. The Bertz CT molecular complexity index is 4110. The number of guanidine groups is 2. The Morgan fingerprint density at radius 1 is 0.616 bits per heavy atom. The summed E-state index contributed by atoms with van der Waals surface area (Å²) in [5.41, 5.74) is 26.4. The number of aliphatic hydroxyl groups is 1. The van der Waals surface area contributed by atoms with Crippen LogP contribution in [-0.4, -0.2) is 207 Å². The molecule has 30 nitrogen and oxygen atoms in total. The number of rotatable bonds is 67. The number of carbonyl (C=O) groups excluding carboxylic acids is 12. The third kappa shape index (κ3) is 39.2. The summed E-state index contributed by atoms with van der Waals surface area (Å²) < 4.78 is 4.71. The predicted octanol–water partition coefficient (Wildman–Crippen LogP) is 10.2. The molecule has 1 aliphatic rings. The van der Waals surface area contributed by atoms with E-state index in [9.17, 15) is 33.9 Å². The molecule has 125 heavy (non-hydrogen) atoms. The molecule has 16 N–H and O–H groups in total. The summed E-state index contributed by atoms with van der Waals surface area (Å²) in [6.07, 6.45) is 25.6. The summed E-state index contributed by atoms with van der Waals surface area (Å²) in [4.78, 5) is 192. The SMILES string of the molecule is CCCCCCCCCCCCCCCCNC(=O)CN(CC)C(=O)CCCCCCC(=O)C(Cc1c[nH]c2ccccc12)NC(=O)C(CCCN=C(N)N)CC(=O)C(CSSC)NC(=O)C(CCCN=C(N)N)CC(=O)C1CCCN(C(=O)C(NC(=O)C(CC(=O)C(NC(=O)CCCOC=O)C(C)O)Cc2cnc[nH]2)C(c2ccccc2)c2ccccc2)C1. The molecule has 1 aliphatic heterocycles. The zero-order valence-corrected chi connectivity index (χ0v) is 75.6. The molecule has 0 spiro atoms. The summed E-state index contributed by atoms with van der Waals surface area (Å²) in [5.74, 6) is -10.2. The molecule has 1 fully saturated rings. The van der Waals surface area contributed by atoms with Gasteiger partial charge in [0.15, 0.2) is 29.3 Å². The first-order valence-electron chi connectivity index (χ1n) is 45.2. The Hall–Kier alpha value is -9.95. The van der Waals surface area contributed by atoms with Gasteiger partial charge in [0, 0.05) is 149 Å². The highest BCUT2D eigenvalue weighted by atomic mass is 33.1. The molecule has 9 atom stereocenters. The van der Waals surface area contributed by atoms with Crippen molar-refractivity contribution in [1.82, 2.24) is 51.3 Å². The smallest absolute Gasteiger partial charge is 0.293 e. The van der Waals surface area contributed by atoms with E-state index in [-0.39, 0.29) is 164 Å². The van der Waals surface area contributed by atoms with Crippen LogP contribution < -0.4 is 49.5 Å². The molecule has 0 bridgehead atoms. The van der Waals surface area contributed by atoms with Gasteiger partial charge in [-0.3, -0.25) is 67.5 Å². The molecule has 3 aromatic carbocycles. The fourth-order valence-electron chi connectivity index (χ4n) is 16.1. The number of aromatic amines is 2. The van der Waals surface area contributed by atoms with Gasteiger partial charge in [0.1, 0.15) is 17.9 Å². The Kier molecular flexibility index (Phi) is 49.7. The molecule has 5 aromatic rings. The number of aliphatic hydroxyl groups excluding tert-OH is 1. The van der Waals surface area contributed by atoms with E-state index in [2.05, 4.69) is 58.4 Å². The lowest BCUT2D eigenvalue weighted by Gasteiger charge is -2.38. The number of H-pyrrole nitrogens is 2. The predicted molar refractivity (Wildman–Crippen MR) is 492 cm³/mol. The third-order valence-corrected chi connectivity index (χ3v) is 24.9. The van der Waals surface area contributed by atoms with Crippen LogP contribution in [0.4, 0.5) is 0 Å². The highest BCUT2D eigenvalue weighted by Crippen LogP contribution is 2.33. The van der Waals surface area contributed by atoms with Crippen LogP contribution in [-0.2, 0) is 75.1 Å². The van der Waals surface area contributed by atoms with E-state index in [0.717, 1.165) is 35.7 Å². The molecule has 0 radical (unpaired) electrons. The van der Waals surface area contributed by atoms with Crippen LogP contribution in [0.1, 0.15) is 248 Å². The van der Waals surface area contributed by atoms with Crippen LogP contribution in [0.25, 0.3) is 10.9 Å². The number of nitrogens with two attached hydrogens (primary N) is 4. The quantitative estimate of drug-likeness (QED) is 0.00566. The maximum absolute atomic E-state index is 15.8. The van der Waals surface area contributed by atoms with Gasteiger partial charge in [-0.15, -0.1) is 0 Å². The minimum atomic E-state index is -1.44. The Balaban J connectivity index is 1.15. The highest BCUT2D eigenvalue weighted by molar-refractivity contribution is 8.76. The van der Waals surface area contributed by atoms with Gasteiger partial charge in [-0.25, -0.2) is 4.98 Å². The lowest BCUT2D eigenvalue weighted by atomic mass is 9.82. The molecule has 3 heterocycles. The number of likely N-dealkylation sites (N-methyl/N-ethyl adjacent to an activating group) is 1. The first-order valence-corrected chi connectivity index (χ1v) is 47.9. The van der Waals surface area contributed by atoms with Crippen molar-refractivity contribution in [2.45, 2.75) is 269 Å². The molecule has 6 rings (SSSR count). The van der Waals surface area contributed by atoms with Crippen molar-refractivity contribution in [2.24, 2.45) is 56.6 Å². The lowest BCUT2D eigenvalue weighted by Crippen LogP contribution is -2.56.